The minimum atomic E-state index is -4.81. The van der Waals surface area contributed by atoms with Gasteiger partial charge in [-0.15, -0.1) is 16.9 Å². The second-order valence-corrected chi connectivity index (χ2v) is 11.3. The Morgan fingerprint density at radius 1 is 1.32 bits per heavy atom. The van der Waals surface area contributed by atoms with Gasteiger partial charge in [0, 0.05) is 11.9 Å². The topological polar surface area (TPSA) is 96.9 Å². The van der Waals surface area contributed by atoms with Crippen LogP contribution in [0.5, 0.6) is 0 Å². The van der Waals surface area contributed by atoms with Crippen molar-refractivity contribution in [1.82, 2.24) is 24.9 Å². The highest BCUT2D eigenvalue weighted by atomic mass is 79.9. The van der Waals surface area contributed by atoms with Gasteiger partial charge in [-0.1, -0.05) is 5.21 Å². The van der Waals surface area contributed by atoms with Crippen LogP contribution in [-0.2, 0) is 10.9 Å². The van der Waals surface area contributed by atoms with Crippen molar-refractivity contribution in [2.45, 2.75) is 68.9 Å². The number of fused-ring (bicyclic) bond motifs is 3. The van der Waals surface area contributed by atoms with Crippen LogP contribution in [0.25, 0.3) is 21.9 Å². The molecule has 0 bridgehead atoms. The standard InChI is InChI=1S/C23H23BrF4N6O2S/c1-22(2,3)36-21(35)33-8-6-12(9-11(33)5-7-29)34-19-13-10-14(23(26,27)28)15(24)16(25)17(13)30-20(37-4)18(19)31-32-34/h10-12H,5-6,8-9H2,1-4H3/t11-,12+/m1/s1. The minimum absolute atomic E-state index is 0.0283. The number of nitrogens with zero attached hydrogens (tertiary/aromatic N) is 6. The van der Waals surface area contributed by atoms with Crippen molar-refractivity contribution < 1.29 is 27.1 Å². The number of carbonyl (C=O) groups is 1. The van der Waals surface area contributed by atoms with Gasteiger partial charge in [0.05, 0.1) is 34.6 Å². The Hall–Kier alpha value is -2.66. The first-order chi connectivity index (χ1) is 17.3. The lowest BCUT2D eigenvalue weighted by atomic mass is 9.95. The number of halogens is 5. The Bertz CT molecular complexity index is 1420. The number of thioether (sulfide) groups is 1. The van der Waals surface area contributed by atoms with E-state index in [0.717, 1.165) is 6.07 Å². The zero-order chi connectivity index (χ0) is 27.3. The summed E-state index contributed by atoms with van der Waals surface area (Å²) in [6.07, 6.45) is -2.96. The summed E-state index contributed by atoms with van der Waals surface area (Å²) in [7, 11) is 0. The van der Waals surface area contributed by atoms with Crippen molar-refractivity contribution in [3.8, 4) is 6.07 Å². The maximum Gasteiger partial charge on any atom is 0.417 e. The molecule has 3 aromatic rings. The molecule has 1 amide bonds. The number of likely N-dealkylation sites (tertiary alicyclic amines) is 1. The number of pyridine rings is 1. The molecule has 8 nitrogen and oxygen atoms in total. The molecule has 3 heterocycles. The molecule has 1 aliphatic rings. The van der Waals surface area contributed by atoms with E-state index in [4.69, 9.17) is 4.74 Å². The second-order valence-electron chi connectivity index (χ2n) is 9.67. The van der Waals surface area contributed by atoms with Crippen LogP contribution in [0.2, 0.25) is 0 Å². The van der Waals surface area contributed by atoms with Crippen LogP contribution in [0.4, 0.5) is 22.4 Å². The average molecular weight is 603 g/mol. The molecule has 0 saturated carbocycles. The van der Waals surface area contributed by atoms with Gasteiger partial charge in [-0.05, 0) is 61.9 Å². The van der Waals surface area contributed by atoms with Crippen molar-refractivity contribution in [3.05, 3.63) is 21.9 Å². The molecule has 4 rings (SSSR count). The molecule has 0 radical (unpaired) electrons. The van der Waals surface area contributed by atoms with Crippen LogP contribution in [0.1, 0.15) is 51.6 Å². The van der Waals surface area contributed by atoms with Gasteiger partial charge in [0.2, 0.25) is 0 Å². The molecule has 2 atom stereocenters. The fourth-order valence-corrected chi connectivity index (χ4v) is 5.51. The van der Waals surface area contributed by atoms with Gasteiger partial charge >= 0.3 is 12.3 Å². The zero-order valence-electron chi connectivity index (χ0n) is 20.4. The van der Waals surface area contributed by atoms with Gasteiger partial charge in [-0.2, -0.15) is 18.4 Å². The molecule has 0 unspecified atom stereocenters. The van der Waals surface area contributed by atoms with Crippen LogP contribution in [-0.4, -0.2) is 55.4 Å². The van der Waals surface area contributed by atoms with E-state index in [1.807, 2.05) is 0 Å². The Morgan fingerprint density at radius 2 is 2.03 bits per heavy atom. The summed E-state index contributed by atoms with van der Waals surface area (Å²) >= 11 is 3.91. The zero-order valence-corrected chi connectivity index (χ0v) is 22.8. The van der Waals surface area contributed by atoms with E-state index in [-0.39, 0.29) is 41.3 Å². The smallest absolute Gasteiger partial charge is 0.417 e. The Morgan fingerprint density at radius 3 is 2.62 bits per heavy atom. The molecule has 37 heavy (non-hydrogen) atoms. The molecule has 1 aromatic carbocycles. The maximum atomic E-state index is 15.2. The Kier molecular flexibility index (Phi) is 7.33. The van der Waals surface area contributed by atoms with Crippen molar-refractivity contribution >= 4 is 55.7 Å². The highest BCUT2D eigenvalue weighted by Gasteiger charge is 2.38. The summed E-state index contributed by atoms with van der Waals surface area (Å²) in [4.78, 5) is 18.5. The molecular formula is C23H23BrF4N6O2S. The number of nitriles is 1. The lowest BCUT2D eigenvalue weighted by Crippen LogP contribution is -2.48. The van der Waals surface area contributed by atoms with Crippen LogP contribution >= 0.6 is 27.7 Å². The number of piperidine rings is 1. The van der Waals surface area contributed by atoms with Gasteiger partial charge in [-0.3, -0.25) is 0 Å². The number of benzene rings is 1. The summed E-state index contributed by atoms with van der Waals surface area (Å²) in [5, 5.41) is 18.0. The molecule has 198 valence electrons. The van der Waals surface area contributed by atoms with Crippen molar-refractivity contribution in [2.75, 3.05) is 12.8 Å². The second kappa shape index (κ2) is 9.90. The van der Waals surface area contributed by atoms with E-state index in [1.165, 1.54) is 21.3 Å². The SMILES string of the molecule is CSc1nc2c(F)c(Br)c(C(F)(F)F)cc2c2c1nnn2[C@H]1CCN(C(=O)OC(C)(C)C)[C@H](CC#N)C1. The number of carbonyl (C=O) groups excluding carboxylic acids is 1. The van der Waals surface area contributed by atoms with E-state index >= 15 is 4.39 Å². The molecular weight excluding hydrogens is 580 g/mol. The van der Waals surface area contributed by atoms with Crippen molar-refractivity contribution in [3.63, 3.8) is 0 Å². The quantitative estimate of drug-likeness (QED) is 0.250. The van der Waals surface area contributed by atoms with E-state index in [2.05, 4.69) is 37.3 Å². The third-order valence-electron chi connectivity index (χ3n) is 6.03. The highest BCUT2D eigenvalue weighted by molar-refractivity contribution is 9.10. The number of rotatable bonds is 3. The lowest BCUT2D eigenvalue weighted by molar-refractivity contribution is -0.138. The first-order valence-corrected chi connectivity index (χ1v) is 13.3. The number of hydrogen-bond acceptors (Lipinski definition) is 7. The average Bonchev–Trinajstić information content (AvgIpc) is 3.24. The largest absolute Gasteiger partial charge is 0.444 e. The number of alkyl halides is 3. The number of amides is 1. The normalized spacial score (nSPS) is 18.9. The number of hydrogen-bond donors (Lipinski definition) is 0. The summed E-state index contributed by atoms with van der Waals surface area (Å²) in [5.74, 6) is -1.13. The third kappa shape index (κ3) is 5.20. The lowest BCUT2D eigenvalue weighted by Gasteiger charge is -2.39. The van der Waals surface area contributed by atoms with E-state index in [1.54, 1.807) is 27.0 Å². The number of ether oxygens (including phenoxy) is 1. The van der Waals surface area contributed by atoms with Gasteiger partial charge in [0.1, 0.15) is 27.2 Å². The monoisotopic (exact) mass is 602 g/mol. The van der Waals surface area contributed by atoms with Gasteiger partial charge in [0.25, 0.3) is 0 Å². The first kappa shape index (κ1) is 27.4. The van der Waals surface area contributed by atoms with Gasteiger partial charge in [-0.25, -0.2) is 18.9 Å². The van der Waals surface area contributed by atoms with Crippen LogP contribution < -0.4 is 0 Å². The van der Waals surface area contributed by atoms with Crippen LogP contribution in [0.3, 0.4) is 0 Å². The first-order valence-electron chi connectivity index (χ1n) is 11.3. The van der Waals surface area contributed by atoms with Crippen LogP contribution in [0.15, 0.2) is 15.6 Å². The Balaban J connectivity index is 1.84. The van der Waals surface area contributed by atoms with Gasteiger partial charge < -0.3 is 9.64 Å². The molecule has 1 fully saturated rings. The molecule has 0 aliphatic carbocycles. The van der Waals surface area contributed by atoms with E-state index in [9.17, 15) is 23.2 Å². The maximum absolute atomic E-state index is 15.2. The summed E-state index contributed by atoms with van der Waals surface area (Å²) in [5.41, 5.74) is -1.66. The summed E-state index contributed by atoms with van der Waals surface area (Å²) in [6, 6.07) is 2.01. The predicted molar refractivity (Wildman–Crippen MR) is 132 cm³/mol. The third-order valence-corrected chi connectivity index (χ3v) is 7.48. The summed E-state index contributed by atoms with van der Waals surface area (Å²) < 4.78 is 62.6. The minimum Gasteiger partial charge on any atom is -0.444 e. The molecule has 1 aliphatic heterocycles. The van der Waals surface area contributed by atoms with Crippen molar-refractivity contribution in [1.29, 1.82) is 5.26 Å². The fourth-order valence-electron chi connectivity index (χ4n) is 4.47. The van der Waals surface area contributed by atoms with Gasteiger partial charge in [0.15, 0.2) is 5.82 Å². The molecule has 0 spiro atoms. The molecule has 14 heteroatoms. The molecule has 0 N–H and O–H groups in total. The van der Waals surface area contributed by atoms with Crippen LogP contribution in [0, 0.1) is 17.1 Å². The highest BCUT2D eigenvalue weighted by Crippen LogP contribution is 2.42. The van der Waals surface area contributed by atoms with E-state index < -0.39 is 45.8 Å². The Labute approximate surface area is 222 Å². The van der Waals surface area contributed by atoms with Crippen molar-refractivity contribution in [2.24, 2.45) is 0 Å². The fraction of sp³-hybridized carbons (Fsp3) is 0.522. The molecule has 2 aromatic heterocycles. The van der Waals surface area contributed by atoms with E-state index in [0.29, 0.717) is 11.4 Å². The molecule has 1 saturated heterocycles. The predicted octanol–water partition coefficient (Wildman–Crippen LogP) is 6.48. The summed E-state index contributed by atoms with van der Waals surface area (Å²) in [6.45, 7) is 5.47. The number of aromatic nitrogens is 4.